The summed E-state index contributed by atoms with van der Waals surface area (Å²) in [7, 11) is 0. The van der Waals surface area contributed by atoms with E-state index in [1.807, 2.05) is 31.2 Å². The molecule has 78 valence electrons. The average molecular weight is 314 g/mol. The molecule has 1 unspecified atom stereocenters. The summed E-state index contributed by atoms with van der Waals surface area (Å²) in [6.45, 7) is 1.87. The van der Waals surface area contributed by atoms with E-state index in [1.165, 1.54) is 3.57 Å². The largest absolute Gasteiger partial charge is 0.322 e. The molecule has 1 atom stereocenters. The molecule has 1 aromatic heterocycles. The van der Waals surface area contributed by atoms with Crippen molar-refractivity contribution in [2.24, 2.45) is 5.73 Å². The molecule has 0 aliphatic rings. The minimum atomic E-state index is -0.116. The first-order valence-corrected chi connectivity index (χ1v) is 5.68. The highest BCUT2D eigenvalue weighted by Crippen LogP contribution is 2.17. The van der Waals surface area contributed by atoms with E-state index in [0.29, 0.717) is 11.6 Å². The molecule has 0 saturated carbocycles. The maximum absolute atomic E-state index is 5.69. The second kappa shape index (κ2) is 4.28. The van der Waals surface area contributed by atoms with Crippen molar-refractivity contribution in [2.45, 2.75) is 13.0 Å². The maximum atomic E-state index is 5.69. The van der Waals surface area contributed by atoms with Gasteiger partial charge in [-0.25, -0.2) is 4.98 Å². The van der Waals surface area contributed by atoms with Crippen molar-refractivity contribution in [3.05, 3.63) is 33.7 Å². The number of aromatic amines is 1. The summed E-state index contributed by atoms with van der Waals surface area (Å²) < 4.78 is 1.19. The molecule has 0 spiro atoms. The Morgan fingerprint density at radius 1 is 1.33 bits per heavy atom. The first-order chi connectivity index (χ1) is 7.16. The standard InChI is InChI=1S/C10H11IN4/c1-6(12)9-13-10(15-14-9)7-2-4-8(11)5-3-7/h2-6H,12H2,1H3,(H,13,14,15). The summed E-state index contributed by atoms with van der Waals surface area (Å²) in [5, 5.41) is 6.95. The normalized spacial score (nSPS) is 12.7. The van der Waals surface area contributed by atoms with Gasteiger partial charge in [0.2, 0.25) is 0 Å². The third kappa shape index (κ3) is 2.35. The van der Waals surface area contributed by atoms with Crippen LogP contribution in [0.1, 0.15) is 18.8 Å². The fourth-order valence-electron chi connectivity index (χ4n) is 1.21. The summed E-state index contributed by atoms with van der Waals surface area (Å²) in [5.74, 6) is 1.40. The summed E-state index contributed by atoms with van der Waals surface area (Å²) in [5.41, 5.74) is 6.69. The second-order valence-electron chi connectivity index (χ2n) is 3.34. The summed E-state index contributed by atoms with van der Waals surface area (Å²) >= 11 is 2.26. The van der Waals surface area contributed by atoms with E-state index >= 15 is 0 Å². The number of nitrogens with one attached hydrogen (secondary N) is 1. The molecule has 0 saturated heterocycles. The van der Waals surface area contributed by atoms with Crippen molar-refractivity contribution >= 4 is 22.6 Å². The van der Waals surface area contributed by atoms with E-state index in [9.17, 15) is 0 Å². The number of halogens is 1. The zero-order chi connectivity index (χ0) is 10.8. The third-order valence-electron chi connectivity index (χ3n) is 2.04. The van der Waals surface area contributed by atoms with E-state index in [2.05, 4.69) is 37.8 Å². The maximum Gasteiger partial charge on any atom is 0.181 e. The minimum absolute atomic E-state index is 0.116. The van der Waals surface area contributed by atoms with Gasteiger partial charge in [-0.05, 0) is 41.6 Å². The van der Waals surface area contributed by atoms with Crippen molar-refractivity contribution in [1.82, 2.24) is 15.2 Å². The highest BCUT2D eigenvalue weighted by Gasteiger charge is 2.08. The number of H-pyrrole nitrogens is 1. The molecule has 0 aliphatic heterocycles. The summed E-state index contributed by atoms with van der Waals surface area (Å²) in [6, 6.07) is 7.93. The molecule has 0 aliphatic carbocycles. The van der Waals surface area contributed by atoms with Gasteiger partial charge in [-0.15, -0.1) is 0 Å². The molecule has 15 heavy (non-hydrogen) atoms. The van der Waals surface area contributed by atoms with Crippen LogP contribution in [0.4, 0.5) is 0 Å². The van der Waals surface area contributed by atoms with Crippen LogP contribution >= 0.6 is 22.6 Å². The molecule has 0 fully saturated rings. The van der Waals surface area contributed by atoms with Gasteiger partial charge in [0.1, 0.15) is 5.82 Å². The lowest BCUT2D eigenvalue weighted by Crippen LogP contribution is -2.06. The number of nitrogens with two attached hydrogens (primary N) is 1. The van der Waals surface area contributed by atoms with Crippen LogP contribution in [-0.2, 0) is 0 Å². The van der Waals surface area contributed by atoms with Crippen molar-refractivity contribution < 1.29 is 0 Å². The Kier molecular flexibility index (Phi) is 3.01. The molecule has 1 heterocycles. The number of hydrogen-bond acceptors (Lipinski definition) is 3. The number of hydrogen-bond donors (Lipinski definition) is 2. The highest BCUT2D eigenvalue weighted by molar-refractivity contribution is 14.1. The molecule has 0 radical (unpaired) electrons. The van der Waals surface area contributed by atoms with Crippen molar-refractivity contribution in [3.63, 3.8) is 0 Å². The first kappa shape index (κ1) is 10.6. The Balaban J connectivity index is 2.33. The van der Waals surface area contributed by atoms with Crippen LogP contribution in [-0.4, -0.2) is 15.2 Å². The fraction of sp³-hybridized carbons (Fsp3) is 0.200. The van der Waals surface area contributed by atoms with Gasteiger partial charge < -0.3 is 5.73 Å². The topological polar surface area (TPSA) is 67.6 Å². The number of nitrogens with zero attached hydrogens (tertiary/aromatic N) is 2. The molecule has 0 bridgehead atoms. The Morgan fingerprint density at radius 3 is 2.53 bits per heavy atom. The SMILES string of the molecule is CC(N)c1nc(-c2ccc(I)cc2)n[nH]1. The van der Waals surface area contributed by atoms with Crippen molar-refractivity contribution in [1.29, 1.82) is 0 Å². The van der Waals surface area contributed by atoms with E-state index in [0.717, 1.165) is 5.56 Å². The van der Waals surface area contributed by atoms with Gasteiger partial charge in [-0.3, -0.25) is 5.10 Å². The monoisotopic (exact) mass is 314 g/mol. The number of aromatic nitrogens is 3. The number of rotatable bonds is 2. The first-order valence-electron chi connectivity index (χ1n) is 4.60. The van der Waals surface area contributed by atoms with Crippen LogP contribution < -0.4 is 5.73 Å². The molecular weight excluding hydrogens is 303 g/mol. The van der Waals surface area contributed by atoms with Gasteiger partial charge in [0, 0.05) is 9.13 Å². The molecule has 0 amide bonds. The van der Waals surface area contributed by atoms with Gasteiger partial charge in [0.25, 0.3) is 0 Å². The smallest absolute Gasteiger partial charge is 0.181 e. The van der Waals surface area contributed by atoms with Crippen LogP contribution in [0.5, 0.6) is 0 Å². The Morgan fingerprint density at radius 2 is 2.00 bits per heavy atom. The van der Waals surface area contributed by atoms with Crippen LogP contribution in [0.3, 0.4) is 0 Å². The minimum Gasteiger partial charge on any atom is -0.322 e. The van der Waals surface area contributed by atoms with E-state index < -0.39 is 0 Å². The number of benzene rings is 1. The third-order valence-corrected chi connectivity index (χ3v) is 2.76. The van der Waals surface area contributed by atoms with E-state index in [-0.39, 0.29) is 6.04 Å². The average Bonchev–Trinajstić information content (AvgIpc) is 2.68. The van der Waals surface area contributed by atoms with E-state index in [1.54, 1.807) is 0 Å². The lowest BCUT2D eigenvalue weighted by Gasteiger charge is -1.96. The predicted molar refractivity (Wildman–Crippen MR) is 67.1 cm³/mol. The van der Waals surface area contributed by atoms with Gasteiger partial charge >= 0.3 is 0 Å². The van der Waals surface area contributed by atoms with Crippen LogP contribution in [0.25, 0.3) is 11.4 Å². The van der Waals surface area contributed by atoms with Gasteiger partial charge in [0.15, 0.2) is 5.82 Å². The zero-order valence-electron chi connectivity index (χ0n) is 8.24. The van der Waals surface area contributed by atoms with Crippen LogP contribution in [0, 0.1) is 3.57 Å². The van der Waals surface area contributed by atoms with E-state index in [4.69, 9.17) is 5.73 Å². The molecule has 2 rings (SSSR count). The molecule has 2 aromatic rings. The molecule has 1 aromatic carbocycles. The Hall–Kier alpha value is -0.950. The van der Waals surface area contributed by atoms with Crippen LogP contribution in [0.15, 0.2) is 24.3 Å². The van der Waals surface area contributed by atoms with Crippen LogP contribution in [0.2, 0.25) is 0 Å². The van der Waals surface area contributed by atoms with Crippen molar-refractivity contribution in [3.8, 4) is 11.4 Å². The lowest BCUT2D eigenvalue weighted by molar-refractivity contribution is 0.745. The van der Waals surface area contributed by atoms with Crippen molar-refractivity contribution in [2.75, 3.05) is 0 Å². The zero-order valence-corrected chi connectivity index (χ0v) is 10.4. The lowest BCUT2D eigenvalue weighted by atomic mass is 10.2. The Bertz CT molecular complexity index is 447. The second-order valence-corrected chi connectivity index (χ2v) is 4.59. The quantitative estimate of drug-likeness (QED) is 0.834. The van der Waals surface area contributed by atoms with Gasteiger partial charge in [-0.1, -0.05) is 12.1 Å². The molecule has 3 N–H and O–H groups in total. The Labute approximate surface area is 101 Å². The highest BCUT2D eigenvalue weighted by atomic mass is 127. The fourth-order valence-corrected chi connectivity index (χ4v) is 1.57. The molecule has 4 nitrogen and oxygen atoms in total. The van der Waals surface area contributed by atoms with Gasteiger partial charge in [-0.2, -0.15) is 5.10 Å². The summed E-state index contributed by atoms with van der Waals surface area (Å²) in [6.07, 6.45) is 0. The molecule has 5 heteroatoms. The van der Waals surface area contributed by atoms with Gasteiger partial charge in [0.05, 0.1) is 6.04 Å². The summed E-state index contributed by atoms with van der Waals surface area (Å²) in [4.78, 5) is 4.32. The predicted octanol–water partition coefficient (Wildman–Crippen LogP) is 2.10. The molecular formula is C10H11IN4.